The summed E-state index contributed by atoms with van der Waals surface area (Å²) in [6.45, 7) is 4.46. The van der Waals surface area contributed by atoms with Gasteiger partial charge in [-0.2, -0.15) is 5.26 Å². The summed E-state index contributed by atoms with van der Waals surface area (Å²) < 4.78 is 0. The second-order valence-corrected chi connectivity index (χ2v) is 6.48. The maximum absolute atomic E-state index is 8.97. The smallest absolute Gasteiger partial charge is 0.0991 e. The summed E-state index contributed by atoms with van der Waals surface area (Å²) in [5.41, 5.74) is 3.44. The number of nitriles is 1. The van der Waals surface area contributed by atoms with Gasteiger partial charge in [-0.1, -0.05) is 18.9 Å². The number of aryl methyl sites for hydroxylation is 1. The average molecular weight is 268 g/mol. The van der Waals surface area contributed by atoms with Gasteiger partial charge in [0, 0.05) is 12.6 Å². The van der Waals surface area contributed by atoms with E-state index in [0.29, 0.717) is 0 Å². The minimum absolute atomic E-state index is 0.778. The summed E-state index contributed by atoms with van der Waals surface area (Å²) in [5.74, 6) is 0.941. The van der Waals surface area contributed by atoms with Crippen LogP contribution in [0.3, 0.4) is 0 Å². The topological polar surface area (TPSA) is 27.0 Å². The minimum atomic E-state index is 0.778. The highest BCUT2D eigenvalue weighted by Crippen LogP contribution is 2.36. The van der Waals surface area contributed by atoms with E-state index in [1.807, 2.05) is 12.1 Å². The molecule has 0 aromatic heterocycles. The van der Waals surface area contributed by atoms with Gasteiger partial charge in [-0.3, -0.25) is 4.90 Å². The van der Waals surface area contributed by atoms with Crippen molar-refractivity contribution < 1.29 is 0 Å². The minimum Gasteiger partial charge on any atom is -0.296 e. The van der Waals surface area contributed by atoms with Crippen molar-refractivity contribution in [3.63, 3.8) is 0 Å². The molecule has 2 nitrogen and oxygen atoms in total. The summed E-state index contributed by atoms with van der Waals surface area (Å²) in [5, 5.41) is 8.97. The second-order valence-electron chi connectivity index (χ2n) is 6.48. The van der Waals surface area contributed by atoms with Gasteiger partial charge in [0.2, 0.25) is 0 Å². The van der Waals surface area contributed by atoms with E-state index in [4.69, 9.17) is 5.26 Å². The highest BCUT2D eigenvalue weighted by molar-refractivity contribution is 5.37. The fourth-order valence-corrected chi connectivity index (χ4v) is 4.09. The van der Waals surface area contributed by atoms with Gasteiger partial charge in [0.15, 0.2) is 0 Å². The van der Waals surface area contributed by atoms with Crippen LogP contribution in [0.2, 0.25) is 0 Å². The van der Waals surface area contributed by atoms with Gasteiger partial charge in [0.25, 0.3) is 0 Å². The monoisotopic (exact) mass is 268 g/mol. The van der Waals surface area contributed by atoms with Gasteiger partial charge in [0.05, 0.1) is 11.6 Å². The van der Waals surface area contributed by atoms with Crippen molar-refractivity contribution in [3.8, 4) is 6.07 Å². The number of hydrogen-bond acceptors (Lipinski definition) is 2. The van der Waals surface area contributed by atoms with Crippen LogP contribution in [0.25, 0.3) is 0 Å². The molecule has 3 rings (SSSR count). The Morgan fingerprint density at radius 3 is 2.80 bits per heavy atom. The lowest BCUT2D eigenvalue weighted by molar-refractivity contribution is 0.0545. The number of piperidine rings is 1. The normalized spacial score (nSPS) is 26.8. The van der Waals surface area contributed by atoms with Crippen LogP contribution in [0.1, 0.15) is 55.2 Å². The number of nitrogens with zero attached hydrogens (tertiary/aromatic N) is 2. The average Bonchev–Trinajstić information content (AvgIpc) is 2.49. The van der Waals surface area contributed by atoms with Crippen LogP contribution in [-0.4, -0.2) is 17.5 Å². The maximum atomic E-state index is 8.97. The van der Waals surface area contributed by atoms with Gasteiger partial charge >= 0.3 is 0 Å². The Morgan fingerprint density at radius 2 is 2.00 bits per heavy atom. The molecular weight excluding hydrogens is 244 g/mol. The Bertz CT molecular complexity index is 513. The maximum Gasteiger partial charge on any atom is 0.0991 e. The fourth-order valence-electron chi connectivity index (χ4n) is 4.09. The zero-order valence-electron chi connectivity index (χ0n) is 12.4. The summed E-state index contributed by atoms with van der Waals surface area (Å²) >= 11 is 0. The van der Waals surface area contributed by atoms with E-state index in [2.05, 4.69) is 24.0 Å². The number of fused-ring (bicyclic) bond motifs is 1. The van der Waals surface area contributed by atoms with Crippen LogP contribution in [0.5, 0.6) is 0 Å². The number of rotatable bonds is 2. The molecule has 2 atom stereocenters. The summed E-state index contributed by atoms with van der Waals surface area (Å²) in [4.78, 5) is 2.71. The summed E-state index contributed by atoms with van der Waals surface area (Å²) in [6, 6.07) is 9.18. The molecule has 0 N–H and O–H groups in total. The van der Waals surface area contributed by atoms with E-state index in [0.717, 1.165) is 24.1 Å². The number of likely N-dealkylation sites (tertiary alicyclic amines) is 1. The Balaban J connectivity index is 1.74. The van der Waals surface area contributed by atoms with Crippen molar-refractivity contribution in [3.05, 3.63) is 34.9 Å². The molecule has 0 amide bonds. The van der Waals surface area contributed by atoms with Crippen molar-refractivity contribution in [2.75, 3.05) is 6.54 Å². The van der Waals surface area contributed by atoms with E-state index in [-0.39, 0.29) is 0 Å². The van der Waals surface area contributed by atoms with Gasteiger partial charge in [-0.05, 0) is 68.3 Å². The van der Waals surface area contributed by atoms with Crippen molar-refractivity contribution in [2.45, 2.75) is 58.0 Å². The number of benzene rings is 1. The van der Waals surface area contributed by atoms with E-state index < -0.39 is 0 Å². The Kier molecular flexibility index (Phi) is 4.08. The molecule has 20 heavy (non-hydrogen) atoms. The largest absolute Gasteiger partial charge is 0.296 e. The van der Waals surface area contributed by atoms with E-state index in [1.165, 1.54) is 56.2 Å². The van der Waals surface area contributed by atoms with Crippen LogP contribution in [-0.2, 0) is 6.54 Å². The zero-order valence-corrected chi connectivity index (χ0v) is 12.4. The van der Waals surface area contributed by atoms with Gasteiger partial charge in [-0.15, -0.1) is 0 Å². The van der Waals surface area contributed by atoms with Gasteiger partial charge < -0.3 is 0 Å². The lowest BCUT2D eigenvalue weighted by Gasteiger charge is -2.44. The summed E-state index contributed by atoms with van der Waals surface area (Å²) in [6.07, 6.45) is 8.46. The third-order valence-corrected chi connectivity index (χ3v) is 5.20. The Labute approximate surface area is 122 Å². The molecule has 2 fully saturated rings. The van der Waals surface area contributed by atoms with Crippen LogP contribution in [0.15, 0.2) is 18.2 Å². The molecule has 106 valence electrons. The highest BCUT2D eigenvalue weighted by Gasteiger charge is 2.33. The molecule has 1 aromatic carbocycles. The van der Waals surface area contributed by atoms with Gasteiger partial charge in [0.1, 0.15) is 0 Å². The molecule has 2 aliphatic rings. The third-order valence-electron chi connectivity index (χ3n) is 5.20. The van der Waals surface area contributed by atoms with Crippen molar-refractivity contribution >= 4 is 0 Å². The van der Waals surface area contributed by atoms with E-state index >= 15 is 0 Å². The third kappa shape index (κ3) is 2.74. The van der Waals surface area contributed by atoms with Crippen LogP contribution < -0.4 is 0 Å². The first kappa shape index (κ1) is 13.6. The van der Waals surface area contributed by atoms with E-state index in [9.17, 15) is 0 Å². The molecule has 1 aliphatic carbocycles. The van der Waals surface area contributed by atoms with Crippen molar-refractivity contribution in [2.24, 2.45) is 5.92 Å². The molecule has 2 unspecified atom stereocenters. The molecular formula is C18H24N2. The standard InChI is InChI=1S/C18H24N2/c1-14-11-15(12-19)8-9-17(14)13-20-10-4-6-16-5-2-3-7-18(16)20/h8-9,11,16,18H,2-7,10,13H2,1H3. The lowest BCUT2D eigenvalue weighted by Crippen LogP contribution is -2.46. The van der Waals surface area contributed by atoms with Crippen LogP contribution in [0.4, 0.5) is 0 Å². The first-order chi connectivity index (χ1) is 9.78. The SMILES string of the molecule is Cc1cc(C#N)ccc1CN1CCCC2CCCCC21. The molecule has 1 saturated carbocycles. The van der Waals surface area contributed by atoms with Gasteiger partial charge in [-0.25, -0.2) is 0 Å². The zero-order chi connectivity index (χ0) is 13.9. The lowest BCUT2D eigenvalue weighted by atomic mass is 9.78. The van der Waals surface area contributed by atoms with E-state index in [1.54, 1.807) is 0 Å². The Morgan fingerprint density at radius 1 is 1.20 bits per heavy atom. The predicted molar refractivity (Wildman–Crippen MR) is 81.3 cm³/mol. The second kappa shape index (κ2) is 5.97. The quantitative estimate of drug-likeness (QED) is 0.810. The Hall–Kier alpha value is -1.33. The predicted octanol–water partition coefficient (Wildman–Crippen LogP) is 4.02. The molecule has 1 saturated heterocycles. The van der Waals surface area contributed by atoms with Crippen LogP contribution >= 0.6 is 0 Å². The highest BCUT2D eigenvalue weighted by atomic mass is 15.2. The first-order valence-electron chi connectivity index (χ1n) is 8.01. The molecule has 0 spiro atoms. The van der Waals surface area contributed by atoms with Crippen molar-refractivity contribution in [1.82, 2.24) is 4.90 Å². The molecule has 1 aromatic rings. The fraction of sp³-hybridized carbons (Fsp3) is 0.611. The molecule has 1 aliphatic heterocycles. The van der Waals surface area contributed by atoms with Crippen LogP contribution in [0, 0.1) is 24.2 Å². The number of hydrogen-bond donors (Lipinski definition) is 0. The molecule has 1 heterocycles. The van der Waals surface area contributed by atoms with Crippen molar-refractivity contribution in [1.29, 1.82) is 5.26 Å². The summed E-state index contributed by atoms with van der Waals surface area (Å²) in [7, 11) is 0. The first-order valence-corrected chi connectivity index (χ1v) is 8.01. The molecule has 2 heteroatoms. The molecule has 0 radical (unpaired) electrons. The molecule has 0 bridgehead atoms.